The van der Waals surface area contributed by atoms with Gasteiger partial charge in [0.2, 0.25) is 0 Å². The minimum atomic E-state index is -0.536. The van der Waals surface area contributed by atoms with Crippen LogP contribution in [0.5, 0.6) is 0 Å². The molecular formula is C15H24ClN3O3. The summed E-state index contributed by atoms with van der Waals surface area (Å²) in [5.74, 6) is -0.119. The van der Waals surface area contributed by atoms with Crippen LogP contribution in [0, 0.1) is 0 Å². The molecule has 0 saturated heterocycles. The van der Waals surface area contributed by atoms with Gasteiger partial charge in [0.05, 0.1) is 7.11 Å². The first-order valence-corrected chi connectivity index (χ1v) is 7.06. The van der Waals surface area contributed by atoms with Gasteiger partial charge in [0.25, 0.3) is 5.91 Å². The topological polar surface area (TPSA) is 70.7 Å². The minimum Gasteiger partial charge on any atom is -0.453 e. The molecule has 0 aromatic heterocycles. The highest BCUT2D eigenvalue weighted by molar-refractivity contribution is 5.95. The molecule has 0 atom stereocenters. The summed E-state index contributed by atoms with van der Waals surface area (Å²) in [6.07, 6.45) is -0.536. The largest absolute Gasteiger partial charge is 0.453 e. The number of hydrogen-bond acceptors (Lipinski definition) is 4. The van der Waals surface area contributed by atoms with Crippen molar-refractivity contribution in [1.29, 1.82) is 0 Å². The average molecular weight is 330 g/mol. The summed E-state index contributed by atoms with van der Waals surface area (Å²) in [6.45, 7) is 7.58. The van der Waals surface area contributed by atoms with Crippen molar-refractivity contribution in [2.75, 3.05) is 38.6 Å². The quantitative estimate of drug-likeness (QED) is 0.805. The molecule has 0 unspecified atom stereocenters. The average Bonchev–Trinajstić information content (AvgIpc) is 2.52. The van der Waals surface area contributed by atoms with Crippen LogP contribution in [0.15, 0.2) is 24.3 Å². The second-order valence-corrected chi connectivity index (χ2v) is 4.48. The Morgan fingerprint density at radius 2 is 1.73 bits per heavy atom. The third-order valence-corrected chi connectivity index (χ3v) is 3.19. The predicted octanol–water partition coefficient (Wildman–Crippen LogP) is 2.36. The smallest absolute Gasteiger partial charge is 0.411 e. The molecule has 7 heteroatoms. The number of ether oxygens (including phenoxy) is 1. The number of likely N-dealkylation sites (N-methyl/N-ethyl adjacent to an activating group) is 1. The number of nitrogens with one attached hydrogen (secondary N) is 2. The van der Waals surface area contributed by atoms with Crippen LogP contribution >= 0.6 is 12.4 Å². The zero-order valence-electron chi connectivity index (χ0n) is 13.2. The van der Waals surface area contributed by atoms with Gasteiger partial charge in [-0.05, 0) is 37.4 Å². The Morgan fingerprint density at radius 3 is 2.23 bits per heavy atom. The van der Waals surface area contributed by atoms with E-state index < -0.39 is 6.09 Å². The molecular weight excluding hydrogens is 306 g/mol. The lowest BCUT2D eigenvalue weighted by molar-refractivity contribution is 0.0949. The van der Waals surface area contributed by atoms with Gasteiger partial charge in [-0.2, -0.15) is 0 Å². The summed E-state index contributed by atoms with van der Waals surface area (Å²) in [5, 5.41) is 5.41. The van der Waals surface area contributed by atoms with Gasteiger partial charge in [-0.15, -0.1) is 12.4 Å². The Bertz CT molecular complexity index is 462. The fraction of sp³-hybridized carbons (Fsp3) is 0.467. The number of carbonyl (C=O) groups is 2. The monoisotopic (exact) mass is 329 g/mol. The van der Waals surface area contributed by atoms with Crippen molar-refractivity contribution >= 4 is 30.1 Å². The first-order chi connectivity index (χ1) is 10.1. The Labute approximate surface area is 137 Å². The van der Waals surface area contributed by atoms with Gasteiger partial charge in [0.15, 0.2) is 0 Å². The van der Waals surface area contributed by atoms with Crippen LogP contribution in [0.3, 0.4) is 0 Å². The molecule has 6 nitrogen and oxygen atoms in total. The maximum Gasteiger partial charge on any atom is 0.411 e. The van der Waals surface area contributed by atoms with Gasteiger partial charge in [-0.3, -0.25) is 10.1 Å². The van der Waals surface area contributed by atoms with Crippen molar-refractivity contribution in [3.63, 3.8) is 0 Å². The molecule has 22 heavy (non-hydrogen) atoms. The van der Waals surface area contributed by atoms with E-state index in [-0.39, 0.29) is 18.3 Å². The fourth-order valence-corrected chi connectivity index (χ4v) is 1.84. The molecule has 1 aromatic carbocycles. The van der Waals surface area contributed by atoms with Crippen LogP contribution in [0.25, 0.3) is 0 Å². The summed E-state index contributed by atoms with van der Waals surface area (Å²) in [4.78, 5) is 25.2. The highest BCUT2D eigenvalue weighted by Crippen LogP contribution is 2.09. The van der Waals surface area contributed by atoms with E-state index in [1.807, 2.05) is 0 Å². The third kappa shape index (κ3) is 6.78. The van der Waals surface area contributed by atoms with Crippen molar-refractivity contribution in [1.82, 2.24) is 10.2 Å². The van der Waals surface area contributed by atoms with Gasteiger partial charge < -0.3 is 15.0 Å². The zero-order valence-corrected chi connectivity index (χ0v) is 14.0. The fourth-order valence-electron chi connectivity index (χ4n) is 1.84. The lowest BCUT2D eigenvalue weighted by Gasteiger charge is -2.17. The lowest BCUT2D eigenvalue weighted by Crippen LogP contribution is -2.34. The number of methoxy groups -OCH3 is 1. The standard InChI is InChI=1S/C15H23N3O3.ClH/c1-4-18(5-2)11-10-16-14(19)12-6-8-13(9-7-12)17-15(20)21-3;/h6-9H,4-5,10-11H2,1-3H3,(H,16,19)(H,17,20);1H. The van der Waals surface area contributed by atoms with E-state index in [2.05, 4.69) is 34.1 Å². The van der Waals surface area contributed by atoms with E-state index in [4.69, 9.17) is 0 Å². The third-order valence-electron chi connectivity index (χ3n) is 3.19. The van der Waals surface area contributed by atoms with Crippen LogP contribution in [0.4, 0.5) is 10.5 Å². The van der Waals surface area contributed by atoms with Crippen molar-refractivity contribution in [3.8, 4) is 0 Å². The first kappa shape index (κ1) is 20.2. The molecule has 0 aliphatic rings. The predicted molar refractivity (Wildman–Crippen MR) is 89.8 cm³/mol. The Morgan fingerprint density at radius 1 is 1.14 bits per heavy atom. The lowest BCUT2D eigenvalue weighted by atomic mass is 10.2. The van der Waals surface area contributed by atoms with E-state index >= 15 is 0 Å². The summed E-state index contributed by atoms with van der Waals surface area (Å²) in [7, 11) is 1.30. The molecule has 1 rings (SSSR count). The molecule has 2 N–H and O–H groups in total. The van der Waals surface area contributed by atoms with Crippen molar-refractivity contribution < 1.29 is 14.3 Å². The molecule has 0 spiro atoms. The molecule has 0 radical (unpaired) electrons. The van der Waals surface area contributed by atoms with Crippen molar-refractivity contribution in [2.45, 2.75) is 13.8 Å². The van der Waals surface area contributed by atoms with Gasteiger partial charge in [0, 0.05) is 24.3 Å². The van der Waals surface area contributed by atoms with Gasteiger partial charge >= 0.3 is 6.09 Å². The number of halogens is 1. The van der Waals surface area contributed by atoms with E-state index in [0.29, 0.717) is 17.8 Å². The number of amides is 2. The van der Waals surface area contributed by atoms with Crippen LogP contribution in [-0.4, -0.2) is 50.2 Å². The second-order valence-electron chi connectivity index (χ2n) is 4.48. The van der Waals surface area contributed by atoms with Crippen LogP contribution in [0.1, 0.15) is 24.2 Å². The van der Waals surface area contributed by atoms with E-state index in [1.54, 1.807) is 24.3 Å². The number of carbonyl (C=O) groups excluding carboxylic acids is 2. The number of benzene rings is 1. The molecule has 0 heterocycles. The maximum absolute atomic E-state index is 12.0. The van der Waals surface area contributed by atoms with Gasteiger partial charge in [0.1, 0.15) is 0 Å². The highest BCUT2D eigenvalue weighted by Gasteiger charge is 2.07. The van der Waals surface area contributed by atoms with E-state index in [1.165, 1.54) is 7.11 Å². The molecule has 2 amide bonds. The first-order valence-electron chi connectivity index (χ1n) is 7.06. The van der Waals surface area contributed by atoms with Crippen molar-refractivity contribution in [2.24, 2.45) is 0 Å². The SMILES string of the molecule is CCN(CC)CCNC(=O)c1ccc(NC(=O)OC)cc1.Cl. The Balaban J connectivity index is 0.00000441. The van der Waals surface area contributed by atoms with Crippen LogP contribution in [-0.2, 0) is 4.74 Å². The zero-order chi connectivity index (χ0) is 15.7. The minimum absolute atomic E-state index is 0. The number of anilines is 1. The Kier molecular flexibility index (Phi) is 9.98. The molecule has 1 aromatic rings. The summed E-state index contributed by atoms with van der Waals surface area (Å²) >= 11 is 0. The highest BCUT2D eigenvalue weighted by atomic mass is 35.5. The van der Waals surface area contributed by atoms with Gasteiger partial charge in [-0.1, -0.05) is 13.8 Å². The summed E-state index contributed by atoms with van der Waals surface area (Å²) in [5.41, 5.74) is 1.14. The molecule has 0 bridgehead atoms. The summed E-state index contributed by atoms with van der Waals surface area (Å²) in [6, 6.07) is 6.66. The molecule has 124 valence electrons. The van der Waals surface area contributed by atoms with Crippen molar-refractivity contribution in [3.05, 3.63) is 29.8 Å². The second kappa shape index (κ2) is 10.9. The maximum atomic E-state index is 12.0. The van der Waals surface area contributed by atoms with E-state index in [0.717, 1.165) is 19.6 Å². The number of nitrogens with zero attached hydrogens (tertiary/aromatic N) is 1. The van der Waals surface area contributed by atoms with Crippen LogP contribution in [0.2, 0.25) is 0 Å². The van der Waals surface area contributed by atoms with Crippen LogP contribution < -0.4 is 10.6 Å². The molecule has 0 saturated carbocycles. The molecule has 0 aliphatic carbocycles. The number of rotatable bonds is 7. The number of hydrogen-bond donors (Lipinski definition) is 2. The molecule has 0 fully saturated rings. The summed E-state index contributed by atoms with van der Waals surface area (Å²) < 4.78 is 4.49. The molecule has 0 aliphatic heterocycles. The normalized spacial score (nSPS) is 9.82. The van der Waals surface area contributed by atoms with Gasteiger partial charge in [-0.25, -0.2) is 4.79 Å². The Hall–Kier alpha value is -1.79. The van der Waals surface area contributed by atoms with E-state index in [9.17, 15) is 9.59 Å².